The van der Waals surface area contributed by atoms with Gasteiger partial charge in [0.2, 0.25) is 0 Å². The minimum absolute atomic E-state index is 0.00489. The fraction of sp³-hybridized carbons (Fsp3) is 0.0877. The summed E-state index contributed by atoms with van der Waals surface area (Å²) < 4.78 is 7.18. The van der Waals surface area contributed by atoms with Crippen LogP contribution in [0.2, 0.25) is 0 Å². The van der Waals surface area contributed by atoms with Crippen molar-refractivity contribution >= 4 is 10.8 Å². The molecule has 3 nitrogen and oxygen atoms in total. The van der Waals surface area contributed by atoms with Crippen molar-refractivity contribution in [3.63, 3.8) is 0 Å². The van der Waals surface area contributed by atoms with Crippen molar-refractivity contribution in [1.29, 1.82) is 0 Å². The molecule has 2 aliphatic heterocycles. The maximum absolute atomic E-state index is 7.18. The van der Waals surface area contributed by atoms with Gasteiger partial charge in [0.05, 0.1) is 11.5 Å². The van der Waals surface area contributed by atoms with Crippen LogP contribution in [0.5, 0.6) is 11.5 Å². The molecule has 2 aliphatic carbocycles. The minimum Gasteiger partial charge on any atom is -0.456 e. The van der Waals surface area contributed by atoms with Crippen molar-refractivity contribution < 1.29 is 4.74 Å². The van der Waals surface area contributed by atoms with E-state index in [1.165, 1.54) is 77.7 Å². The highest BCUT2D eigenvalue weighted by atomic mass is 16.5. The summed E-state index contributed by atoms with van der Waals surface area (Å²) in [5, 5.41) is 10.5. The summed E-state index contributed by atoms with van der Waals surface area (Å²) in [4.78, 5) is 0. The molecule has 2 N–H and O–H groups in total. The third-order valence-electron chi connectivity index (χ3n) is 13.3. The van der Waals surface area contributed by atoms with E-state index in [2.05, 4.69) is 229 Å². The minimum atomic E-state index is -0.514. The number of rotatable bonds is 5. The summed E-state index contributed by atoms with van der Waals surface area (Å²) in [5.74, 6) is 1.88. The zero-order valence-corrected chi connectivity index (χ0v) is 33.0. The van der Waals surface area contributed by atoms with Crippen LogP contribution in [0.25, 0.3) is 33.0 Å². The van der Waals surface area contributed by atoms with Gasteiger partial charge in [0.15, 0.2) is 0 Å². The summed E-state index contributed by atoms with van der Waals surface area (Å²) in [6, 6.07) is 68.3. The maximum atomic E-state index is 7.18. The first-order valence-electron chi connectivity index (χ1n) is 21.1. The summed E-state index contributed by atoms with van der Waals surface area (Å²) in [5.41, 5.74) is 14.3. The molecule has 12 rings (SSSR count). The molecule has 0 saturated heterocycles. The Bertz CT molecular complexity index is 3010. The molecule has 8 aromatic rings. The van der Waals surface area contributed by atoms with E-state index in [4.69, 9.17) is 4.74 Å². The van der Waals surface area contributed by atoms with Gasteiger partial charge < -0.3 is 10.1 Å². The SMILES string of the molecule is C1=CC(C2=CC(c3ccc(-c4ccccc4)c4ccccc34)NC(c3ccccc3)N2)C(c2cccc3c2Oc2ccccc2C32c3ccccc3-c3ccccc32)C=C1. The summed E-state index contributed by atoms with van der Waals surface area (Å²) in [7, 11) is 0. The fourth-order valence-corrected chi connectivity index (χ4v) is 10.7. The van der Waals surface area contributed by atoms with Crippen LogP contribution in [0.4, 0.5) is 0 Å². The van der Waals surface area contributed by atoms with Gasteiger partial charge in [-0.1, -0.05) is 206 Å². The van der Waals surface area contributed by atoms with Gasteiger partial charge in [-0.05, 0) is 67.4 Å². The highest BCUT2D eigenvalue weighted by Crippen LogP contribution is 2.63. The number of hydrogen-bond acceptors (Lipinski definition) is 3. The number of ether oxygens (including phenoxy) is 1. The van der Waals surface area contributed by atoms with Gasteiger partial charge in [-0.25, -0.2) is 0 Å². The molecule has 0 bridgehead atoms. The molecule has 0 amide bonds. The third-order valence-corrected chi connectivity index (χ3v) is 13.3. The van der Waals surface area contributed by atoms with Crippen LogP contribution >= 0.6 is 0 Å². The van der Waals surface area contributed by atoms with Gasteiger partial charge in [-0.3, -0.25) is 5.32 Å². The van der Waals surface area contributed by atoms with E-state index in [0.717, 1.165) is 11.5 Å². The van der Waals surface area contributed by atoms with Crippen LogP contribution in [-0.4, -0.2) is 0 Å². The van der Waals surface area contributed by atoms with Crippen LogP contribution in [0.1, 0.15) is 57.1 Å². The molecule has 0 radical (unpaired) electrons. The van der Waals surface area contributed by atoms with Gasteiger partial charge in [-0.15, -0.1) is 0 Å². The molecule has 60 heavy (non-hydrogen) atoms. The van der Waals surface area contributed by atoms with Crippen LogP contribution in [0.15, 0.2) is 224 Å². The average molecular weight is 771 g/mol. The Labute approximate surface area is 351 Å². The third kappa shape index (κ3) is 5.26. The van der Waals surface area contributed by atoms with Gasteiger partial charge in [0.1, 0.15) is 17.7 Å². The lowest BCUT2D eigenvalue weighted by Crippen LogP contribution is -2.42. The van der Waals surface area contributed by atoms with Gasteiger partial charge in [-0.2, -0.15) is 0 Å². The van der Waals surface area contributed by atoms with Gasteiger partial charge in [0.25, 0.3) is 0 Å². The molecule has 1 spiro atoms. The van der Waals surface area contributed by atoms with E-state index >= 15 is 0 Å². The number of para-hydroxylation sites is 2. The first-order valence-corrected chi connectivity index (χ1v) is 21.1. The van der Waals surface area contributed by atoms with E-state index < -0.39 is 5.41 Å². The number of hydrogen-bond donors (Lipinski definition) is 2. The molecule has 0 saturated carbocycles. The molecule has 2 heterocycles. The Morgan fingerprint density at radius 3 is 1.83 bits per heavy atom. The molecule has 286 valence electrons. The second-order valence-corrected chi connectivity index (χ2v) is 16.4. The Morgan fingerprint density at radius 2 is 1.07 bits per heavy atom. The molecule has 0 aromatic heterocycles. The lowest BCUT2D eigenvalue weighted by molar-refractivity contribution is 0.386. The van der Waals surface area contributed by atoms with Crippen LogP contribution < -0.4 is 15.4 Å². The smallest absolute Gasteiger partial charge is 0.136 e. The largest absolute Gasteiger partial charge is 0.456 e. The zero-order valence-electron chi connectivity index (χ0n) is 33.0. The van der Waals surface area contributed by atoms with Crippen molar-refractivity contribution in [2.45, 2.75) is 23.5 Å². The van der Waals surface area contributed by atoms with E-state index in [0.29, 0.717) is 0 Å². The Hall–Kier alpha value is -7.20. The molecular formula is C57H42N2O. The number of allylic oxidation sites excluding steroid dienone is 4. The van der Waals surface area contributed by atoms with E-state index in [9.17, 15) is 0 Å². The van der Waals surface area contributed by atoms with Crippen LogP contribution in [0.3, 0.4) is 0 Å². The molecular weight excluding hydrogens is 729 g/mol. The maximum Gasteiger partial charge on any atom is 0.136 e. The second kappa shape index (κ2) is 14.0. The second-order valence-electron chi connectivity index (χ2n) is 16.4. The van der Waals surface area contributed by atoms with E-state index in [1.807, 2.05) is 0 Å². The lowest BCUT2D eigenvalue weighted by Gasteiger charge is -2.41. The summed E-state index contributed by atoms with van der Waals surface area (Å²) >= 11 is 0. The van der Waals surface area contributed by atoms with Crippen molar-refractivity contribution in [3.05, 3.63) is 263 Å². The van der Waals surface area contributed by atoms with Crippen molar-refractivity contribution in [3.8, 4) is 33.8 Å². The van der Waals surface area contributed by atoms with E-state index in [-0.39, 0.29) is 24.0 Å². The summed E-state index contributed by atoms with van der Waals surface area (Å²) in [6.45, 7) is 0. The standard InChI is InChI=1S/C57H42N2O/c1-3-18-37(19-4-1)39-34-35-46(41-23-8-7-22-40(39)41)53-36-52(58-56(59-53)38-20-5-2-6-21-38)45-27-10-9-24-42(45)47-28-17-32-51-55(47)60-54-33-16-15-31-50(54)57(51)48-29-13-11-25-43(48)44-26-12-14-30-49(44)57/h1-36,42,45,53,56,58-59H. The first kappa shape index (κ1) is 34.8. The molecule has 4 unspecified atom stereocenters. The molecule has 4 atom stereocenters. The van der Waals surface area contributed by atoms with Crippen molar-refractivity contribution in [2.75, 3.05) is 0 Å². The first-order chi connectivity index (χ1) is 29.8. The monoisotopic (exact) mass is 770 g/mol. The quantitative estimate of drug-likeness (QED) is 0.183. The van der Waals surface area contributed by atoms with Crippen molar-refractivity contribution in [2.24, 2.45) is 5.92 Å². The van der Waals surface area contributed by atoms with E-state index in [1.54, 1.807) is 0 Å². The highest BCUT2D eigenvalue weighted by molar-refractivity contribution is 5.99. The zero-order chi connectivity index (χ0) is 39.6. The van der Waals surface area contributed by atoms with Gasteiger partial charge >= 0.3 is 0 Å². The van der Waals surface area contributed by atoms with Crippen LogP contribution in [-0.2, 0) is 5.41 Å². The molecule has 0 fully saturated rings. The normalized spacial score (nSPS) is 20.3. The number of fused-ring (bicyclic) bond motifs is 10. The van der Waals surface area contributed by atoms with Crippen LogP contribution in [0, 0.1) is 5.92 Å². The number of nitrogens with one attached hydrogen (secondary N) is 2. The Morgan fingerprint density at radius 1 is 0.450 bits per heavy atom. The lowest BCUT2D eigenvalue weighted by atomic mass is 9.65. The predicted octanol–water partition coefficient (Wildman–Crippen LogP) is 13.3. The summed E-state index contributed by atoms with van der Waals surface area (Å²) in [6.07, 6.45) is 11.5. The average Bonchev–Trinajstić information content (AvgIpc) is 3.62. The highest BCUT2D eigenvalue weighted by Gasteiger charge is 2.51. The Kier molecular flexibility index (Phi) is 8.11. The molecule has 4 aliphatic rings. The fourth-order valence-electron chi connectivity index (χ4n) is 10.7. The molecule has 3 heteroatoms. The van der Waals surface area contributed by atoms with Crippen molar-refractivity contribution in [1.82, 2.24) is 10.6 Å². The topological polar surface area (TPSA) is 33.3 Å². The number of benzene rings is 8. The Balaban J connectivity index is 1.02. The van der Waals surface area contributed by atoms with Gasteiger partial charge in [0, 0.05) is 34.2 Å². The molecule has 8 aromatic carbocycles. The predicted molar refractivity (Wildman–Crippen MR) is 244 cm³/mol.